The summed E-state index contributed by atoms with van der Waals surface area (Å²) in [5.41, 5.74) is 0.880. The van der Waals surface area contributed by atoms with E-state index in [1.807, 2.05) is 12.1 Å². The van der Waals surface area contributed by atoms with E-state index in [9.17, 15) is 0 Å². The van der Waals surface area contributed by atoms with Crippen LogP contribution in [0.25, 0.3) is 0 Å². The molecular weight excluding hydrogens is 212 g/mol. The van der Waals surface area contributed by atoms with Gasteiger partial charge in [0, 0.05) is 19.3 Å². The topological polar surface area (TPSA) is 36.4 Å². The minimum atomic E-state index is 0.0721. The van der Waals surface area contributed by atoms with Gasteiger partial charge in [-0.05, 0) is 36.3 Å². The highest BCUT2D eigenvalue weighted by Crippen LogP contribution is 2.26. The van der Waals surface area contributed by atoms with Crippen LogP contribution < -0.4 is 4.90 Å². The smallest absolute Gasteiger partial charge is 0.128 e. The predicted molar refractivity (Wildman–Crippen MR) is 69.9 cm³/mol. The van der Waals surface area contributed by atoms with Crippen LogP contribution in [0.15, 0.2) is 18.3 Å². The van der Waals surface area contributed by atoms with Gasteiger partial charge in [-0.15, -0.1) is 0 Å². The summed E-state index contributed by atoms with van der Waals surface area (Å²) in [6.45, 7) is 6.91. The van der Waals surface area contributed by atoms with Crippen molar-refractivity contribution in [3.8, 4) is 0 Å². The zero-order chi connectivity index (χ0) is 12.3. The molecule has 2 heterocycles. The van der Waals surface area contributed by atoms with Crippen LogP contribution in [0.3, 0.4) is 0 Å². The van der Waals surface area contributed by atoms with Crippen molar-refractivity contribution in [2.45, 2.75) is 33.3 Å². The lowest BCUT2D eigenvalue weighted by Gasteiger charge is -2.34. The van der Waals surface area contributed by atoms with Crippen LogP contribution in [0.5, 0.6) is 0 Å². The highest BCUT2D eigenvalue weighted by molar-refractivity contribution is 5.39. The Morgan fingerprint density at radius 1 is 1.35 bits per heavy atom. The van der Waals surface area contributed by atoms with Gasteiger partial charge in [-0.1, -0.05) is 19.9 Å². The van der Waals surface area contributed by atoms with E-state index in [0.29, 0.717) is 0 Å². The molecule has 0 spiro atoms. The Morgan fingerprint density at radius 2 is 2.06 bits per heavy atom. The number of rotatable bonds is 3. The van der Waals surface area contributed by atoms with Gasteiger partial charge in [-0.25, -0.2) is 4.98 Å². The second-order valence-electron chi connectivity index (χ2n) is 5.25. The molecule has 17 heavy (non-hydrogen) atoms. The van der Waals surface area contributed by atoms with Crippen molar-refractivity contribution in [2.75, 3.05) is 18.0 Å². The van der Waals surface area contributed by atoms with E-state index in [-0.39, 0.29) is 6.61 Å². The molecule has 1 saturated heterocycles. The fraction of sp³-hybridized carbons (Fsp3) is 0.643. The minimum Gasteiger partial charge on any atom is -0.392 e. The number of aliphatic hydroxyl groups is 1. The van der Waals surface area contributed by atoms with Crippen molar-refractivity contribution in [3.63, 3.8) is 0 Å². The molecule has 3 nitrogen and oxygen atoms in total. The lowest BCUT2D eigenvalue weighted by atomic mass is 9.87. The molecule has 0 unspecified atom stereocenters. The number of piperidine rings is 1. The van der Waals surface area contributed by atoms with Crippen LogP contribution in [0.1, 0.15) is 32.3 Å². The highest BCUT2D eigenvalue weighted by atomic mass is 16.3. The van der Waals surface area contributed by atoms with Gasteiger partial charge in [0.05, 0.1) is 6.61 Å². The standard InChI is InChI=1S/C14H22N2O/c1-11(2)13-5-7-16(8-6-13)14-4-3-12(10-17)9-15-14/h3-4,9,11,13,17H,5-8,10H2,1-2H3. The molecule has 94 valence electrons. The van der Waals surface area contributed by atoms with Crippen LogP contribution in [0.2, 0.25) is 0 Å². The van der Waals surface area contributed by atoms with Gasteiger partial charge in [0.15, 0.2) is 0 Å². The lowest BCUT2D eigenvalue weighted by molar-refractivity contribution is 0.281. The van der Waals surface area contributed by atoms with E-state index in [1.165, 1.54) is 12.8 Å². The van der Waals surface area contributed by atoms with E-state index in [2.05, 4.69) is 23.7 Å². The molecule has 1 aromatic rings. The normalized spacial score (nSPS) is 17.8. The second-order valence-corrected chi connectivity index (χ2v) is 5.25. The number of nitrogens with zero attached hydrogens (tertiary/aromatic N) is 2. The first-order valence-electron chi connectivity index (χ1n) is 6.51. The van der Waals surface area contributed by atoms with Crippen molar-refractivity contribution >= 4 is 5.82 Å². The molecule has 1 aliphatic heterocycles. The number of hydrogen-bond donors (Lipinski definition) is 1. The quantitative estimate of drug-likeness (QED) is 0.872. The first-order chi connectivity index (χ1) is 8.20. The maximum atomic E-state index is 8.98. The minimum absolute atomic E-state index is 0.0721. The third-order valence-corrected chi connectivity index (χ3v) is 3.80. The monoisotopic (exact) mass is 234 g/mol. The number of anilines is 1. The van der Waals surface area contributed by atoms with Gasteiger partial charge in [0.2, 0.25) is 0 Å². The molecule has 1 N–H and O–H groups in total. The molecular formula is C14H22N2O. The van der Waals surface area contributed by atoms with Crippen LogP contribution in [-0.4, -0.2) is 23.2 Å². The zero-order valence-corrected chi connectivity index (χ0v) is 10.8. The van der Waals surface area contributed by atoms with Crippen molar-refractivity contribution in [2.24, 2.45) is 11.8 Å². The molecule has 1 aliphatic rings. The average molecular weight is 234 g/mol. The Hall–Kier alpha value is -1.09. The lowest BCUT2D eigenvalue weighted by Crippen LogP contribution is -2.35. The Labute approximate surface area is 103 Å². The van der Waals surface area contributed by atoms with Crippen LogP contribution in [0, 0.1) is 11.8 Å². The summed E-state index contributed by atoms with van der Waals surface area (Å²) in [5.74, 6) is 2.70. The van der Waals surface area contributed by atoms with E-state index >= 15 is 0 Å². The third-order valence-electron chi connectivity index (χ3n) is 3.80. The molecule has 0 aromatic carbocycles. The number of aliphatic hydroxyl groups excluding tert-OH is 1. The number of hydrogen-bond acceptors (Lipinski definition) is 3. The largest absolute Gasteiger partial charge is 0.392 e. The van der Waals surface area contributed by atoms with Gasteiger partial charge in [-0.2, -0.15) is 0 Å². The second kappa shape index (κ2) is 5.50. The predicted octanol–water partition coefficient (Wildman–Crippen LogP) is 2.45. The first kappa shape index (κ1) is 12.4. The van der Waals surface area contributed by atoms with Gasteiger partial charge in [-0.3, -0.25) is 0 Å². The molecule has 2 rings (SSSR count). The van der Waals surface area contributed by atoms with E-state index in [4.69, 9.17) is 5.11 Å². The summed E-state index contributed by atoms with van der Waals surface area (Å²) < 4.78 is 0. The molecule has 3 heteroatoms. The van der Waals surface area contributed by atoms with Gasteiger partial charge in [0.1, 0.15) is 5.82 Å². The Bertz CT molecular complexity index is 340. The van der Waals surface area contributed by atoms with E-state index in [0.717, 1.165) is 36.3 Å². The summed E-state index contributed by atoms with van der Waals surface area (Å²) in [6.07, 6.45) is 4.30. The van der Waals surface area contributed by atoms with Crippen LogP contribution in [-0.2, 0) is 6.61 Å². The van der Waals surface area contributed by atoms with Gasteiger partial charge < -0.3 is 10.0 Å². The molecule has 0 amide bonds. The first-order valence-corrected chi connectivity index (χ1v) is 6.51. The molecule has 0 atom stereocenters. The number of aromatic nitrogens is 1. The Kier molecular flexibility index (Phi) is 4.00. The maximum absolute atomic E-state index is 8.98. The van der Waals surface area contributed by atoms with E-state index < -0.39 is 0 Å². The van der Waals surface area contributed by atoms with Crippen molar-refractivity contribution in [1.29, 1.82) is 0 Å². The fourth-order valence-electron chi connectivity index (χ4n) is 2.49. The molecule has 0 aliphatic carbocycles. The van der Waals surface area contributed by atoms with Crippen molar-refractivity contribution < 1.29 is 5.11 Å². The summed E-state index contributed by atoms with van der Waals surface area (Å²) in [5, 5.41) is 8.98. The molecule has 0 bridgehead atoms. The third kappa shape index (κ3) is 2.97. The molecule has 1 aromatic heterocycles. The van der Waals surface area contributed by atoms with Crippen LogP contribution >= 0.6 is 0 Å². The summed E-state index contributed by atoms with van der Waals surface area (Å²) >= 11 is 0. The van der Waals surface area contributed by atoms with E-state index in [1.54, 1.807) is 6.20 Å². The summed E-state index contributed by atoms with van der Waals surface area (Å²) in [6, 6.07) is 3.97. The summed E-state index contributed by atoms with van der Waals surface area (Å²) in [4.78, 5) is 6.76. The zero-order valence-electron chi connectivity index (χ0n) is 10.8. The molecule has 0 radical (unpaired) electrons. The molecule has 0 saturated carbocycles. The molecule has 1 fully saturated rings. The maximum Gasteiger partial charge on any atom is 0.128 e. The fourth-order valence-corrected chi connectivity index (χ4v) is 2.49. The van der Waals surface area contributed by atoms with Crippen molar-refractivity contribution in [1.82, 2.24) is 4.98 Å². The SMILES string of the molecule is CC(C)C1CCN(c2ccc(CO)cn2)CC1. The van der Waals surface area contributed by atoms with Gasteiger partial charge >= 0.3 is 0 Å². The number of pyridine rings is 1. The average Bonchev–Trinajstić information content (AvgIpc) is 2.39. The highest BCUT2D eigenvalue weighted by Gasteiger charge is 2.21. The van der Waals surface area contributed by atoms with Crippen LogP contribution in [0.4, 0.5) is 5.82 Å². The van der Waals surface area contributed by atoms with Crippen molar-refractivity contribution in [3.05, 3.63) is 23.9 Å². The summed E-state index contributed by atoms with van der Waals surface area (Å²) in [7, 11) is 0. The Balaban J connectivity index is 1.95. The van der Waals surface area contributed by atoms with Gasteiger partial charge in [0.25, 0.3) is 0 Å². The Morgan fingerprint density at radius 3 is 2.53 bits per heavy atom.